The fourth-order valence-electron chi connectivity index (χ4n) is 2.08. The van der Waals surface area contributed by atoms with Gasteiger partial charge in [-0.1, -0.05) is 12.1 Å². The highest BCUT2D eigenvalue weighted by molar-refractivity contribution is 5.88. The summed E-state index contributed by atoms with van der Waals surface area (Å²) in [4.78, 5) is 12.8. The number of nitrogens with zero attached hydrogens (tertiary/aromatic N) is 4. The first kappa shape index (κ1) is 11.6. The summed E-state index contributed by atoms with van der Waals surface area (Å²) in [6.07, 6.45) is 6.22. The van der Waals surface area contributed by atoms with Gasteiger partial charge in [-0.15, -0.1) is 0 Å². The first-order valence-electron chi connectivity index (χ1n) is 6.24. The number of aromatic nitrogens is 4. The largest absolute Gasteiger partial charge is 0.369 e. The van der Waals surface area contributed by atoms with E-state index in [2.05, 4.69) is 20.3 Å². The molecule has 1 aromatic carbocycles. The zero-order valence-corrected chi connectivity index (χ0v) is 10.7. The summed E-state index contributed by atoms with van der Waals surface area (Å²) in [7, 11) is 2.00. The van der Waals surface area contributed by atoms with Gasteiger partial charge in [0.05, 0.1) is 5.52 Å². The SMILES string of the molecule is Cn1ccnc1CCNc1ncnc2ccccc12. The van der Waals surface area contributed by atoms with E-state index in [1.807, 2.05) is 48.3 Å². The highest BCUT2D eigenvalue weighted by Crippen LogP contribution is 2.17. The number of fused-ring (bicyclic) bond motifs is 1. The van der Waals surface area contributed by atoms with Crippen molar-refractivity contribution in [1.82, 2.24) is 19.5 Å². The Bertz CT molecular complexity index is 684. The number of aryl methyl sites for hydroxylation is 1. The second-order valence-electron chi connectivity index (χ2n) is 4.37. The van der Waals surface area contributed by atoms with E-state index in [9.17, 15) is 0 Å². The average molecular weight is 253 g/mol. The van der Waals surface area contributed by atoms with Gasteiger partial charge in [0.2, 0.25) is 0 Å². The lowest BCUT2D eigenvalue weighted by atomic mass is 10.2. The summed E-state index contributed by atoms with van der Waals surface area (Å²) in [5, 5.41) is 4.39. The van der Waals surface area contributed by atoms with Gasteiger partial charge in [-0.25, -0.2) is 15.0 Å². The standard InChI is InChI=1S/C14H15N5/c1-19-9-8-15-13(19)6-7-16-14-11-4-2-3-5-12(11)17-10-18-14/h2-5,8-10H,6-7H2,1H3,(H,16,17,18). The van der Waals surface area contributed by atoms with Crippen molar-refractivity contribution in [3.05, 3.63) is 48.8 Å². The van der Waals surface area contributed by atoms with Crippen molar-refractivity contribution < 1.29 is 0 Å². The number of rotatable bonds is 4. The Labute approximate surface area is 111 Å². The van der Waals surface area contributed by atoms with Gasteiger partial charge < -0.3 is 9.88 Å². The highest BCUT2D eigenvalue weighted by Gasteiger charge is 2.03. The molecule has 19 heavy (non-hydrogen) atoms. The van der Waals surface area contributed by atoms with Crippen LogP contribution in [0.3, 0.4) is 0 Å². The molecular formula is C14H15N5. The van der Waals surface area contributed by atoms with E-state index in [4.69, 9.17) is 0 Å². The zero-order valence-electron chi connectivity index (χ0n) is 10.7. The van der Waals surface area contributed by atoms with E-state index in [-0.39, 0.29) is 0 Å². The van der Waals surface area contributed by atoms with Gasteiger partial charge in [-0.2, -0.15) is 0 Å². The smallest absolute Gasteiger partial charge is 0.137 e. The molecule has 3 aromatic rings. The predicted octanol–water partition coefficient (Wildman–Crippen LogP) is 2.02. The normalized spacial score (nSPS) is 10.8. The summed E-state index contributed by atoms with van der Waals surface area (Å²) in [5.74, 6) is 1.94. The van der Waals surface area contributed by atoms with Gasteiger partial charge in [-0.05, 0) is 12.1 Å². The van der Waals surface area contributed by atoms with Crippen molar-refractivity contribution in [3.63, 3.8) is 0 Å². The molecule has 2 heterocycles. The highest BCUT2D eigenvalue weighted by atomic mass is 15.1. The second-order valence-corrected chi connectivity index (χ2v) is 4.37. The molecule has 5 nitrogen and oxygen atoms in total. The van der Waals surface area contributed by atoms with Crippen molar-refractivity contribution in [2.75, 3.05) is 11.9 Å². The molecule has 96 valence electrons. The molecule has 0 atom stereocenters. The molecule has 0 saturated carbocycles. The third kappa shape index (κ3) is 2.40. The van der Waals surface area contributed by atoms with E-state index in [1.54, 1.807) is 6.33 Å². The fourth-order valence-corrected chi connectivity index (χ4v) is 2.08. The van der Waals surface area contributed by atoms with E-state index in [1.165, 1.54) is 0 Å². The maximum absolute atomic E-state index is 4.30. The van der Waals surface area contributed by atoms with Crippen molar-refractivity contribution in [1.29, 1.82) is 0 Å². The van der Waals surface area contributed by atoms with Crippen LogP contribution in [0, 0.1) is 0 Å². The molecule has 0 fully saturated rings. The Hall–Kier alpha value is -2.43. The monoisotopic (exact) mass is 253 g/mol. The summed E-state index contributed by atoms with van der Waals surface area (Å²) < 4.78 is 2.03. The van der Waals surface area contributed by atoms with Crippen LogP contribution in [0.4, 0.5) is 5.82 Å². The minimum absolute atomic E-state index is 0.797. The first-order chi connectivity index (χ1) is 9.34. The van der Waals surface area contributed by atoms with E-state index in [0.717, 1.165) is 35.5 Å². The molecule has 2 aromatic heterocycles. The molecule has 0 unspecified atom stereocenters. The molecule has 0 aliphatic carbocycles. The Morgan fingerprint density at radius 2 is 2.05 bits per heavy atom. The van der Waals surface area contributed by atoms with E-state index >= 15 is 0 Å². The van der Waals surface area contributed by atoms with Crippen molar-refractivity contribution in [2.45, 2.75) is 6.42 Å². The third-order valence-corrected chi connectivity index (χ3v) is 3.10. The van der Waals surface area contributed by atoms with Crippen molar-refractivity contribution >= 4 is 16.7 Å². The number of anilines is 1. The van der Waals surface area contributed by atoms with Crippen molar-refractivity contribution in [2.24, 2.45) is 7.05 Å². The van der Waals surface area contributed by atoms with E-state index < -0.39 is 0 Å². The minimum Gasteiger partial charge on any atom is -0.369 e. The maximum Gasteiger partial charge on any atom is 0.137 e. The summed E-state index contributed by atoms with van der Waals surface area (Å²) in [6, 6.07) is 7.99. The van der Waals surface area contributed by atoms with Gasteiger partial charge in [0.15, 0.2) is 0 Å². The van der Waals surface area contributed by atoms with Crippen LogP contribution in [0.5, 0.6) is 0 Å². The van der Waals surface area contributed by atoms with Crippen LogP contribution in [0.15, 0.2) is 43.0 Å². The van der Waals surface area contributed by atoms with Gasteiger partial charge in [-0.3, -0.25) is 0 Å². The molecule has 0 amide bonds. The number of para-hydroxylation sites is 1. The summed E-state index contributed by atoms with van der Waals surface area (Å²) in [5.41, 5.74) is 0.956. The maximum atomic E-state index is 4.30. The topological polar surface area (TPSA) is 55.6 Å². The zero-order chi connectivity index (χ0) is 13.1. The van der Waals surface area contributed by atoms with Gasteiger partial charge in [0.1, 0.15) is 18.0 Å². The Morgan fingerprint density at radius 1 is 1.16 bits per heavy atom. The molecule has 1 N–H and O–H groups in total. The number of benzene rings is 1. The molecule has 0 bridgehead atoms. The summed E-state index contributed by atoms with van der Waals surface area (Å²) >= 11 is 0. The second kappa shape index (κ2) is 5.06. The first-order valence-corrected chi connectivity index (χ1v) is 6.24. The Kier molecular flexibility index (Phi) is 3.10. The van der Waals surface area contributed by atoms with Crippen LogP contribution in [-0.4, -0.2) is 26.1 Å². The average Bonchev–Trinajstić information content (AvgIpc) is 2.85. The lowest BCUT2D eigenvalue weighted by Gasteiger charge is -2.08. The number of imidazole rings is 1. The molecule has 5 heteroatoms. The quantitative estimate of drug-likeness (QED) is 0.773. The van der Waals surface area contributed by atoms with Crippen LogP contribution in [0.2, 0.25) is 0 Å². The predicted molar refractivity (Wildman–Crippen MR) is 74.9 cm³/mol. The molecule has 0 saturated heterocycles. The number of hydrogen-bond acceptors (Lipinski definition) is 4. The Morgan fingerprint density at radius 3 is 2.89 bits per heavy atom. The van der Waals surface area contributed by atoms with Crippen LogP contribution in [-0.2, 0) is 13.5 Å². The molecule has 3 rings (SSSR count). The number of nitrogens with one attached hydrogen (secondary N) is 1. The van der Waals surface area contributed by atoms with Crippen LogP contribution in [0.1, 0.15) is 5.82 Å². The van der Waals surface area contributed by atoms with Gasteiger partial charge in [0, 0.05) is 37.8 Å². The Balaban J connectivity index is 1.74. The molecule has 0 aliphatic rings. The fraction of sp³-hybridized carbons (Fsp3) is 0.214. The molecule has 0 spiro atoms. The van der Waals surface area contributed by atoms with Crippen LogP contribution in [0.25, 0.3) is 10.9 Å². The molecule has 0 radical (unpaired) electrons. The van der Waals surface area contributed by atoms with Crippen molar-refractivity contribution in [3.8, 4) is 0 Å². The molecule has 0 aliphatic heterocycles. The molecular weight excluding hydrogens is 238 g/mol. The number of hydrogen-bond donors (Lipinski definition) is 1. The lowest BCUT2D eigenvalue weighted by Crippen LogP contribution is -2.10. The van der Waals surface area contributed by atoms with Gasteiger partial charge >= 0.3 is 0 Å². The summed E-state index contributed by atoms with van der Waals surface area (Å²) in [6.45, 7) is 0.797. The third-order valence-electron chi connectivity index (χ3n) is 3.10. The van der Waals surface area contributed by atoms with Crippen LogP contribution < -0.4 is 5.32 Å². The minimum atomic E-state index is 0.797. The van der Waals surface area contributed by atoms with E-state index in [0.29, 0.717) is 0 Å². The van der Waals surface area contributed by atoms with Crippen LogP contribution >= 0.6 is 0 Å². The van der Waals surface area contributed by atoms with Gasteiger partial charge in [0.25, 0.3) is 0 Å². The lowest BCUT2D eigenvalue weighted by molar-refractivity contribution is 0.789.